The van der Waals surface area contributed by atoms with Crippen molar-refractivity contribution >= 4 is 46.5 Å². The minimum atomic E-state index is -1.52. The van der Waals surface area contributed by atoms with E-state index < -0.39 is 9.82 Å². The summed E-state index contributed by atoms with van der Waals surface area (Å²) in [4.78, 5) is 11.1. The number of benzene rings is 1. The zero-order valence-corrected chi connectivity index (χ0v) is 10.5. The summed E-state index contributed by atoms with van der Waals surface area (Å²) in [5, 5.41) is 12.1. The number of nitrogens with one attached hydrogen (secondary N) is 1. The molecule has 2 amide bonds. The summed E-state index contributed by atoms with van der Waals surface area (Å²) in [5.74, 6) is 0. The lowest BCUT2D eigenvalue weighted by Gasteiger charge is -2.16. The van der Waals surface area contributed by atoms with Gasteiger partial charge in [-0.3, -0.25) is 5.21 Å². The third-order valence-corrected chi connectivity index (χ3v) is 2.50. The molecule has 0 fully saturated rings. The van der Waals surface area contributed by atoms with Gasteiger partial charge in [-0.1, -0.05) is 46.9 Å². The number of rotatable bonds is 1. The van der Waals surface area contributed by atoms with Crippen molar-refractivity contribution in [3.05, 3.63) is 29.8 Å². The maximum Gasteiger partial charge on any atom is 0.345 e. The number of amides is 2. The van der Waals surface area contributed by atoms with E-state index in [1.165, 1.54) is 31.3 Å². The maximum absolute atomic E-state index is 11.1. The fourth-order valence-electron chi connectivity index (χ4n) is 1.01. The van der Waals surface area contributed by atoms with Gasteiger partial charge in [-0.25, -0.2) is 4.79 Å². The summed E-state index contributed by atoms with van der Waals surface area (Å²) >= 11 is 17.0. The van der Waals surface area contributed by atoms with E-state index in [0.29, 0.717) is 10.6 Å². The standard InChI is InChI=1S/C9H9Cl3N2O2/c1-13-8(15)14(16)7-4-2-6(3-5-7)9(10,11)12/h2-5,16H,1H3,(H,13,15). The SMILES string of the molecule is CNC(=O)N(O)c1ccc(C(Cl)(Cl)Cl)cc1. The molecule has 0 aliphatic rings. The van der Waals surface area contributed by atoms with Crippen molar-refractivity contribution in [1.82, 2.24) is 5.32 Å². The second kappa shape index (κ2) is 5.10. The Balaban J connectivity index is 2.91. The van der Waals surface area contributed by atoms with Crippen molar-refractivity contribution in [2.75, 3.05) is 12.1 Å². The molecule has 0 saturated heterocycles. The molecule has 0 heterocycles. The number of halogens is 3. The summed E-state index contributed by atoms with van der Waals surface area (Å²) < 4.78 is -1.52. The molecule has 0 aliphatic heterocycles. The third-order valence-electron chi connectivity index (χ3n) is 1.85. The van der Waals surface area contributed by atoms with Gasteiger partial charge in [0.05, 0.1) is 5.69 Å². The Morgan fingerprint density at radius 1 is 1.31 bits per heavy atom. The molecule has 4 nitrogen and oxygen atoms in total. The van der Waals surface area contributed by atoms with E-state index in [9.17, 15) is 10.0 Å². The number of carbonyl (C=O) groups is 1. The maximum atomic E-state index is 11.1. The van der Waals surface area contributed by atoms with E-state index in [-0.39, 0.29) is 5.69 Å². The van der Waals surface area contributed by atoms with Crippen LogP contribution in [0.1, 0.15) is 5.56 Å². The van der Waals surface area contributed by atoms with Gasteiger partial charge in [-0.05, 0) is 12.1 Å². The molecule has 7 heteroatoms. The van der Waals surface area contributed by atoms with E-state index in [0.717, 1.165) is 0 Å². The van der Waals surface area contributed by atoms with Gasteiger partial charge in [0.2, 0.25) is 3.79 Å². The first kappa shape index (κ1) is 13.4. The highest BCUT2D eigenvalue weighted by Crippen LogP contribution is 2.38. The highest BCUT2D eigenvalue weighted by molar-refractivity contribution is 6.66. The highest BCUT2D eigenvalue weighted by atomic mass is 35.6. The molecular formula is C9H9Cl3N2O2. The van der Waals surface area contributed by atoms with Gasteiger partial charge in [-0.2, -0.15) is 5.06 Å². The molecule has 1 rings (SSSR count). The van der Waals surface area contributed by atoms with Gasteiger partial charge < -0.3 is 5.32 Å². The number of alkyl halides is 3. The number of hydrogen-bond acceptors (Lipinski definition) is 2. The molecule has 88 valence electrons. The van der Waals surface area contributed by atoms with Crippen LogP contribution in [-0.2, 0) is 3.79 Å². The fourth-order valence-corrected chi connectivity index (χ4v) is 1.39. The smallest absolute Gasteiger partial charge is 0.339 e. The predicted molar refractivity (Wildman–Crippen MR) is 64.4 cm³/mol. The molecular weight excluding hydrogens is 274 g/mol. The zero-order valence-electron chi connectivity index (χ0n) is 8.25. The molecule has 2 N–H and O–H groups in total. The van der Waals surface area contributed by atoms with Crippen LogP contribution in [0, 0.1) is 0 Å². The Bertz CT molecular complexity index is 375. The minimum absolute atomic E-state index is 0.275. The number of nitrogens with zero attached hydrogens (tertiary/aromatic N) is 1. The van der Waals surface area contributed by atoms with E-state index >= 15 is 0 Å². The van der Waals surface area contributed by atoms with Crippen molar-refractivity contribution < 1.29 is 10.0 Å². The lowest BCUT2D eigenvalue weighted by Crippen LogP contribution is -2.35. The monoisotopic (exact) mass is 282 g/mol. The Morgan fingerprint density at radius 2 is 1.81 bits per heavy atom. The highest BCUT2D eigenvalue weighted by Gasteiger charge is 2.22. The van der Waals surface area contributed by atoms with Crippen LogP contribution in [0.2, 0.25) is 0 Å². The van der Waals surface area contributed by atoms with Crippen LogP contribution in [0.4, 0.5) is 10.5 Å². The Hall–Kier alpha value is -0.680. The van der Waals surface area contributed by atoms with Gasteiger partial charge in [0.25, 0.3) is 0 Å². The molecule has 1 aromatic carbocycles. The van der Waals surface area contributed by atoms with Crippen LogP contribution in [0.5, 0.6) is 0 Å². The van der Waals surface area contributed by atoms with E-state index in [1.807, 2.05) is 0 Å². The van der Waals surface area contributed by atoms with E-state index in [1.54, 1.807) is 0 Å². The van der Waals surface area contributed by atoms with Crippen molar-refractivity contribution in [1.29, 1.82) is 0 Å². The normalized spacial score (nSPS) is 11.1. The molecule has 0 bridgehead atoms. The molecule has 0 atom stereocenters. The van der Waals surface area contributed by atoms with Gasteiger partial charge in [0, 0.05) is 12.6 Å². The molecule has 0 aliphatic carbocycles. The topological polar surface area (TPSA) is 52.6 Å². The molecule has 0 saturated carbocycles. The van der Waals surface area contributed by atoms with Crippen molar-refractivity contribution in [3.8, 4) is 0 Å². The Labute approximate surface area is 108 Å². The van der Waals surface area contributed by atoms with Crippen LogP contribution >= 0.6 is 34.8 Å². The summed E-state index contributed by atoms with van der Waals surface area (Å²) in [6, 6.07) is 5.30. The van der Waals surface area contributed by atoms with Gasteiger partial charge in [0.1, 0.15) is 0 Å². The number of urea groups is 1. The summed E-state index contributed by atoms with van der Waals surface area (Å²) in [6.07, 6.45) is 0. The van der Waals surface area contributed by atoms with Gasteiger partial charge >= 0.3 is 6.03 Å². The van der Waals surface area contributed by atoms with Crippen LogP contribution in [-0.4, -0.2) is 18.3 Å². The Morgan fingerprint density at radius 3 is 2.19 bits per heavy atom. The van der Waals surface area contributed by atoms with E-state index in [4.69, 9.17) is 34.8 Å². The lowest BCUT2D eigenvalue weighted by molar-refractivity contribution is 0.206. The van der Waals surface area contributed by atoms with Crippen LogP contribution < -0.4 is 10.4 Å². The third kappa shape index (κ3) is 3.15. The molecule has 1 aromatic rings. The van der Waals surface area contributed by atoms with Crippen LogP contribution in [0.25, 0.3) is 0 Å². The first-order valence-electron chi connectivity index (χ1n) is 4.24. The van der Waals surface area contributed by atoms with Gasteiger partial charge in [-0.15, -0.1) is 0 Å². The van der Waals surface area contributed by atoms with Crippen LogP contribution in [0.15, 0.2) is 24.3 Å². The summed E-state index contributed by atoms with van der Waals surface area (Å²) in [6.45, 7) is 0. The largest absolute Gasteiger partial charge is 0.345 e. The number of carbonyl (C=O) groups excluding carboxylic acids is 1. The first-order chi connectivity index (χ1) is 7.36. The summed E-state index contributed by atoms with van der Waals surface area (Å²) in [7, 11) is 1.40. The average Bonchev–Trinajstić information content (AvgIpc) is 2.26. The van der Waals surface area contributed by atoms with Crippen molar-refractivity contribution in [2.45, 2.75) is 3.79 Å². The number of hydroxylamine groups is 1. The molecule has 0 aromatic heterocycles. The van der Waals surface area contributed by atoms with Gasteiger partial charge in [0.15, 0.2) is 0 Å². The fraction of sp³-hybridized carbons (Fsp3) is 0.222. The molecule has 16 heavy (non-hydrogen) atoms. The summed E-state index contributed by atoms with van der Waals surface area (Å²) in [5.41, 5.74) is 0.726. The zero-order chi connectivity index (χ0) is 12.3. The second-order valence-corrected chi connectivity index (χ2v) is 5.19. The molecule has 0 spiro atoms. The second-order valence-electron chi connectivity index (χ2n) is 2.91. The quantitative estimate of drug-likeness (QED) is 0.473. The van der Waals surface area contributed by atoms with E-state index in [2.05, 4.69) is 5.32 Å². The van der Waals surface area contributed by atoms with Crippen molar-refractivity contribution in [3.63, 3.8) is 0 Å². The molecule has 0 unspecified atom stereocenters. The molecule has 0 radical (unpaired) electrons. The number of anilines is 1. The predicted octanol–water partition coefficient (Wildman–Crippen LogP) is 3.05. The van der Waals surface area contributed by atoms with Crippen molar-refractivity contribution in [2.24, 2.45) is 0 Å². The Kier molecular flexibility index (Phi) is 4.27. The lowest BCUT2D eigenvalue weighted by atomic mass is 10.2. The number of hydrogen-bond donors (Lipinski definition) is 2. The minimum Gasteiger partial charge on any atom is -0.339 e. The average molecular weight is 284 g/mol. The first-order valence-corrected chi connectivity index (χ1v) is 5.37. The van der Waals surface area contributed by atoms with Crippen LogP contribution in [0.3, 0.4) is 0 Å².